The zero-order valence-corrected chi connectivity index (χ0v) is 16.9. The Labute approximate surface area is 176 Å². The van der Waals surface area contributed by atoms with E-state index in [2.05, 4.69) is 20.4 Å². The van der Waals surface area contributed by atoms with Crippen LogP contribution in [0.4, 0.5) is 5.69 Å². The maximum Gasteiger partial charge on any atom is 0.293 e. The number of rotatable bonds is 8. The number of ether oxygens (including phenoxy) is 1. The maximum atomic E-state index is 12.1. The number of amides is 1. The molecule has 0 spiro atoms. The molecule has 0 bridgehead atoms. The van der Waals surface area contributed by atoms with Gasteiger partial charge in [-0.1, -0.05) is 5.16 Å². The Hall–Kier alpha value is -3.59. The SMILES string of the molecule is COc1ccc(NC(=O)CSCc2ccc(-c3nc(-c4cccnc4)no3)o2)cc1. The molecule has 3 aromatic heterocycles. The van der Waals surface area contributed by atoms with Crippen LogP contribution < -0.4 is 10.1 Å². The van der Waals surface area contributed by atoms with Gasteiger partial charge in [0.05, 0.1) is 18.6 Å². The number of furan rings is 1. The third-order valence-electron chi connectivity index (χ3n) is 4.07. The van der Waals surface area contributed by atoms with Crippen LogP contribution >= 0.6 is 11.8 Å². The monoisotopic (exact) mass is 422 g/mol. The highest BCUT2D eigenvalue weighted by molar-refractivity contribution is 7.99. The van der Waals surface area contributed by atoms with E-state index in [1.54, 1.807) is 55.9 Å². The molecular weight excluding hydrogens is 404 g/mol. The number of methoxy groups -OCH3 is 1. The van der Waals surface area contributed by atoms with Crippen LogP contribution in [0.25, 0.3) is 23.0 Å². The minimum atomic E-state index is -0.0880. The van der Waals surface area contributed by atoms with Gasteiger partial charge in [-0.2, -0.15) is 4.98 Å². The number of aromatic nitrogens is 3. The van der Waals surface area contributed by atoms with Crippen LogP contribution in [-0.4, -0.2) is 33.9 Å². The predicted octanol–water partition coefficient (Wildman–Crippen LogP) is 4.27. The van der Waals surface area contributed by atoms with Crippen LogP contribution in [0.2, 0.25) is 0 Å². The van der Waals surface area contributed by atoms with E-state index in [4.69, 9.17) is 13.7 Å². The number of nitrogens with zero attached hydrogens (tertiary/aromatic N) is 3. The van der Waals surface area contributed by atoms with Crippen molar-refractivity contribution in [2.75, 3.05) is 18.2 Å². The molecule has 0 fully saturated rings. The fourth-order valence-corrected chi connectivity index (χ4v) is 3.34. The van der Waals surface area contributed by atoms with Gasteiger partial charge < -0.3 is 19.0 Å². The molecule has 1 amide bonds. The van der Waals surface area contributed by atoms with Crippen molar-refractivity contribution in [2.45, 2.75) is 5.75 Å². The molecule has 0 aliphatic carbocycles. The van der Waals surface area contributed by atoms with Crippen molar-refractivity contribution in [3.05, 3.63) is 66.7 Å². The van der Waals surface area contributed by atoms with Gasteiger partial charge in [0.15, 0.2) is 5.76 Å². The van der Waals surface area contributed by atoms with E-state index in [9.17, 15) is 4.79 Å². The number of benzene rings is 1. The molecule has 3 heterocycles. The van der Waals surface area contributed by atoms with Gasteiger partial charge in [0, 0.05) is 23.6 Å². The van der Waals surface area contributed by atoms with Gasteiger partial charge in [-0.15, -0.1) is 11.8 Å². The Morgan fingerprint density at radius 1 is 1.17 bits per heavy atom. The van der Waals surface area contributed by atoms with E-state index in [-0.39, 0.29) is 5.91 Å². The number of pyridine rings is 1. The molecule has 0 saturated carbocycles. The highest BCUT2D eigenvalue weighted by atomic mass is 32.2. The summed E-state index contributed by atoms with van der Waals surface area (Å²) in [6.45, 7) is 0. The minimum absolute atomic E-state index is 0.0880. The summed E-state index contributed by atoms with van der Waals surface area (Å²) in [5.74, 6) is 3.43. The van der Waals surface area contributed by atoms with E-state index in [0.717, 1.165) is 17.0 Å². The van der Waals surface area contributed by atoms with Crippen molar-refractivity contribution in [2.24, 2.45) is 0 Å². The Balaban J connectivity index is 1.28. The fraction of sp³-hybridized carbons (Fsp3) is 0.143. The first kappa shape index (κ1) is 19.7. The summed E-state index contributed by atoms with van der Waals surface area (Å²) >= 11 is 1.45. The van der Waals surface area contributed by atoms with Crippen LogP contribution in [-0.2, 0) is 10.5 Å². The predicted molar refractivity (Wildman–Crippen MR) is 113 cm³/mol. The molecule has 4 rings (SSSR count). The first-order chi connectivity index (χ1) is 14.7. The highest BCUT2D eigenvalue weighted by Crippen LogP contribution is 2.25. The maximum absolute atomic E-state index is 12.1. The van der Waals surface area contributed by atoms with E-state index >= 15 is 0 Å². The third kappa shape index (κ3) is 4.87. The highest BCUT2D eigenvalue weighted by Gasteiger charge is 2.14. The van der Waals surface area contributed by atoms with Gasteiger partial charge >= 0.3 is 0 Å². The van der Waals surface area contributed by atoms with Gasteiger partial charge in [0.2, 0.25) is 11.7 Å². The van der Waals surface area contributed by atoms with Crippen LogP contribution in [0.1, 0.15) is 5.76 Å². The summed E-state index contributed by atoms with van der Waals surface area (Å²) in [7, 11) is 1.60. The van der Waals surface area contributed by atoms with Crippen molar-refractivity contribution in [3.8, 4) is 28.8 Å². The van der Waals surface area contributed by atoms with Crippen molar-refractivity contribution < 1.29 is 18.5 Å². The first-order valence-corrected chi connectivity index (χ1v) is 10.2. The summed E-state index contributed by atoms with van der Waals surface area (Å²) in [5, 5.41) is 6.80. The zero-order valence-electron chi connectivity index (χ0n) is 16.1. The number of thioether (sulfide) groups is 1. The van der Waals surface area contributed by atoms with Gasteiger partial charge in [0.25, 0.3) is 5.89 Å². The number of nitrogens with one attached hydrogen (secondary N) is 1. The van der Waals surface area contributed by atoms with Crippen LogP contribution in [0.5, 0.6) is 5.75 Å². The molecule has 0 aliphatic heterocycles. The summed E-state index contributed by atoms with van der Waals surface area (Å²) < 4.78 is 16.1. The molecule has 0 aliphatic rings. The molecule has 8 nitrogen and oxygen atoms in total. The molecule has 4 aromatic rings. The second-order valence-electron chi connectivity index (χ2n) is 6.20. The van der Waals surface area contributed by atoms with Crippen molar-refractivity contribution in [1.82, 2.24) is 15.1 Å². The van der Waals surface area contributed by atoms with Crippen molar-refractivity contribution in [1.29, 1.82) is 0 Å². The Morgan fingerprint density at radius 3 is 2.80 bits per heavy atom. The average molecular weight is 422 g/mol. The topological polar surface area (TPSA) is 103 Å². The lowest BCUT2D eigenvalue weighted by Crippen LogP contribution is -2.14. The summed E-state index contributed by atoms with van der Waals surface area (Å²) in [4.78, 5) is 20.5. The molecule has 9 heteroatoms. The summed E-state index contributed by atoms with van der Waals surface area (Å²) in [5.41, 5.74) is 1.49. The van der Waals surface area contributed by atoms with Gasteiger partial charge in [0.1, 0.15) is 11.5 Å². The molecule has 0 atom stereocenters. The lowest BCUT2D eigenvalue weighted by molar-refractivity contribution is -0.113. The van der Waals surface area contributed by atoms with E-state index in [0.29, 0.717) is 34.7 Å². The summed E-state index contributed by atoms with van der Waals surface area (Å²) in [6, 6.07) is 14.4. The minimum Gasteiger partial charge on any atom is -0.497 e. The van der Waals surface area contributed by atoms with Crippen LogP contribution in [0, 0.1) is 0 Å². The van der Waals surface area contributed by atoms with Gasteiger partial charge in [-0.25, -0.2) is 0 Å². The lowest BCUT2D eigenvalue weighted by atomic mass is 10.3. The Bertz CT molecular complexity index is 1110. The fourth-order valence-electron chi connectivity index (χ4n) is 2.62. The molecule has 30 heavy (non-hydrogen) atoms. The zero-order chi connectivity index (χ0) is 20.8. The average Bonchev–Trinajstić information content (AvgIpc) is 3.45. The molecule has 152 valence electrons. The number of hydrogen-bond donors (Lipinski definition) is 1. The normalized spacial score (nSPS) is 10.7. The lowest BCUT2D eigenvalue weighted by Gasteiger charge is -2.05. The molecule has 0 saturated heterocycles. The van der Waals surface area contributed by atoms with E-state index in [1.807, 2.05) is 12.1 Å². The molecule has 1 aromatic carbocycles. The van der Waals surface area contributed by atoms with Crippen LogP contribution in [0.15, 0.2) is 69.9 Å². The summed E-state index contributed by atoms with van der Waals surface area (Å²) in [6.07, 6.45) is 3.34. The van der Waals surface area contributed by atoms with Gasteiger partial charge in [-0.3, -0.25) is 9.78 Å². The smallest absolute Gasteiger partial charge is 0.293 e. The number of carbonyl (C=O) groups excluding carboxylic acids is 1. The van der Waals surface area contributed by atoms with Crippen LogP contribution in [0.3, 0.4) is 0 Å². The standard InChI is InChI=1S/C21H18N4O4S/c1-27-16-6-4-15(5-7-16)23-19(26)13-30-12-17-8-9-18(28-17)21-24-20(25-29-21)14-3-2-10-22-11-14/h2-11H,12-13H2,1H3,(H,23,26). The quantitative estimate of drug-likeness (QED) is 0.449. The molecule has 0 radical (unpaired) electrons. The third-order valence-corrected chi connectivity index (χ3v) is 5.02. The number of carbonyl (C=O) groups is 1. The van der Waals surface area contributed by atoms with Gasteiger partial charge in [-0.05, 0) is 48.5 Å². The second kappa shape index (κ2) is 9.27. The number of anilines is 1. The molecule has 1 N–H and O–H groups in total. The largest absolute Gasteiger partial charge is 0.497 e. The first-order valence-electron chi connectivity index (χ1n) is 9.06. The Morgan fingerprint density at radius 2 is 2.03 bits per heavy atom. The second-order valence-corrected chi connectivity index (χ2v) is 7.19. The van der Waals surface area contributed by atoms with E-state index in [1.165, 1.54) is 11.8 Å². The molecular formula is C21H18N4O4S. The van der Waals surface area contributed by atoms with Crippen molar-refractivity contribution >= 4 is 23.4 Å². The Kier molecular flexibility index (Phi) is 6.09. The van der Waals surface area contributed by atoms with E-state index < -0.39 is 0 Å². The number of hydrogen-bond acceptors (Lipinski definition) is 8. The molecule has 0 unspecified atom stereocenters. The van der Waals surface area contributed by atoms with Crippen molar-refractivity contribution in [3.63, 3.8) is 0 Å².